The molecule has 0 aliphatic rings. The third-order valence-corrected chi connectivity index (χ3v) is 2.80. The van der Waals surface area contributed by atoms with Crippen molar-refractivity contribution in [3.05, 3.63) is 30.3 Å². The Balaban J connectivity index is 2.84. The van der Waals surface area contributed by atoms with Crippen LogP contribution >= 0.6 is 0 Å². The van der Waals surface area contributed by atoms with Gasteiger partial charge in [-0.2, -0.15) is 0 Å². The number of carbonyl (C=O) groups is 3. The minimum absolute atomic E-state index is 0.234. The smallest absolute Gasteiger partial charge is 0.427 e. The normalized spacial score (nSPS) is 10.9. The summed E-state index contributed by atoms with van der Waals surface area (Å²) in [6.07, 6.45) is -0.755. The maximum atomic E-state index is 12.4. The Labute approximate surface area is 142 Å². The van der Waals surface area contributed by atoms with Crippen molar-refractivity contribution in [2.45, 2.75) is 40.2 Å². The first kappa shape index (κ1) is 19.5. The van der Waals surface area contributed by atoms with Crippen LogP contribution in [0.4, 0.5) is 10.5 Å². The molecule has 0 aliphatic carbocycles. The molecule has 0 radical (unpaired) electrons. The summed E-state index contributed by atoms with van der Waals surface area (Å²) in [5.74, 6) is -0.962. The molecule has 1 aromatic rings. The van der Waals surface area contributed by atoms with Crippen molar-refractivity contribution >= 4 is 23.6 Å². The summed E-state index contributed by atoms with van der Waals surface area (Å²) in [4.78, 5) is 36.0. The predicted octanol–water partition coefficient (Wildman–Crippen LogP) is 2.23. The highest BCUT2D eigenvalue weighted by molar-refractivity contribution is 5.98. The number of benzene rings is 1. The van der Waals surface area contributed by atoms with E-state index in [1.807, 2.05) is 0 Å². The zero-order valence-corrected chi connectivity index (χ0v) is 14.8. The average molecular weight is 335 g/mol. The number of hydrazine groups is 1. The molecule has 0 aromatic heterocycles. The van der Waals surface area contributed by atoms with E-state index in [2.05, 4.69) is 10.7 Å². The highest BCUT2D eigenvalue weighted by Crippen LogP contribution is 2.13. The summed E-state index contributed by atoms with van der Waals surface area (Å²) in [7, 11) is 0. The lowest BCUT2D eigenvalue weighted by Gasteiger charge is -2.26. The number of hydrogen-bond acceptors (Lipinski definition) is 4. The van der Waals surface area contributed by atoms with Crippen molar-refractivity contribution in [3.8, 4) is 0 Å². The summed E-state index contributed by atoms with van der Waals surface area (Å²) >= 11 is 0. The van der Waals surface area contributed by atoms with Gasteiger partial charge in [0, 0.05) is 5.92 Å². The second-order valence-electron chi connectivity index (χ2n) is 6.55. The van der Waals surface area contributed by atoms with Gasteiger partial charge in [0.2, 0.25) is 5.91 Å². The van der Waals surface area contributed by atoms with Crippen LogP contribution in [0.2, 0.25) is 0 Å². The van der Waals surface area contributed by atoms with Gasteiger partial charge in [-0.3, -0.25) is 9.59 Å². The van der Waals surface area contributed by atoms with Gasteiger partial charge >= 0.3 is 6.09 Å². The van der Waals surface area contributed by atoms with Crippen LogP contribution in [0.5, 0.6) is 0 Å². The third-order valence-electron chi connectivity index (χ3n) is 2.80. The summed E-state index contributed by atoms with van der Waals surface area (Å²) in [5, 5.41) is 3.60. The Hall–Kier alpha value is -2.57. The van der Waals surface area contributed by atoms with Crippen LogP contribution in [0.15, 0.2) is 30.3 Å². The second-order valence-corrected chi connectivity index (χ2v) is 6.55. The van der Waals surface area contributed by atoms with Crippen molar-refractivity contribution in [3.63, 3.8) is 0 Å². The molecule has 7 heteroatoms. The lowest BCUT2D eigenvalue weighted by Crippen LogP contribution is -2.51. The first-order valence-electron chi connectivity index (χ1n) is 7.75. The van der Waals surface area contributed by atoms with Gasteiger partial charge in [-0.1, -0.05) is 32.0 Å². The second kappa shape index (κ2) is 8.33. The van der Waals surface area contributed by atoms with Gasteiger partial charge in [0.15, 0.2) is 0 Å². The zero-order chi connectivity index (χ0) is 18.3. The first-order chi connectivity index (χ1) is 11.1. The molecular formula is C17H25N3O4. The van der Waals surface area contributed by atoms with Gasteiger partial charge in [0.05, 0.1) is 12.2 Å². The summed E-state index contributed by atoms with van der Waals surface area (Å²) in [6, 6.07) is 8.59. The summed E-state index contributed by atoms with van der Waals surface area (Å²) < 4.78 is 5.17. The van der Waals surface area contributed by atoms with Crippen molar-refractivity contribution < 1.29 is 19.1 Å². The molecule has 0 saturated heterocycles. The minimum atomic E-state index is -0.755. The van der Waals surface area contributed by atoms with Gasteiger partial charge in [-0.15, -0.1) is 0 Å². The highest BCUT2D eigenvalue weighted by atomic mass is 16.6. The molecule has 3 amide bonds. The Bertz CT molecular complexity index is 579. The molecule has 0 bridgehead atoms. The van der Waals surface area contributed by atoms with Gasteiger partial charge in [0.25, 0.3) is 5.91 Å². The molecule has 132 valence electrons. The number of ether oxygens (including phenoxy) is 1. The maximum absolute atomic E-state index is 12.4. The van der Waals surface area contributed by atoms with Crippen LogP contribution in [0.25, 0.3) is 0 Å². The van der Waals surface area contributed by atoms with Crippen molar-refractivity contribution in [2.24, 2.45) is 5.92 Å². The van der Waals surface area contributed by atoms with E-state index in [1.165, 1.54) is 0 Å². The zero-order valence-electron chi connectivity index (χ0n) is 14.8. The lowest BCUT2D eigenvalue weighted by molar-refractivity contribution is -0.127. The van der Waals surface area contributed by atoms with E-state index in [-0.39, 0.29) is 18.4 Å². The van der Waals surface area contributed by atoms with Crippen molar-refractivity contribution in [2.75, 3.05) is 11.6 Å². The Kier molecular flexibility index (Phi) is 6.76. The lowest BCUT2D eigenvalue weighted by atomic mass is 10.2. The Morgan fingerprint density at radius 3 is 2.21 bits per heavy atom. The fourth-order valence-electron chi connectivity index (χ4n) is 1.69. The number of hydrogen-bond donors (Lipinski definition) is 2. The monoisotopic (exact) mass is 335 g/mol. The molecule has 0 saturated carbocycles. The SMILES string of the molecule is CC(C)C(=O)NCC(=O)N(NC(=O)OC(C)(C)C)c1ccccc1. The molecule has 0 spiro atoms. The fourth-order valence-corrected chi connectivity index (χ4v) is 1.69. The van der Waals surface area contributed by atoms with Crippen molar-refractivity contribution in [1.29, 1.82) is 0 Å². The molecule has 0 heterocycles. The Morgan fingerprint density at radius 1 is 1.12 bits per heavy atom. The number of rotatable bonds is 4. The standard InChI is InChI=1S/C17H25N3O4/c1-12(2)15(22)18-11-14(21)20(13-9-7-6-8-10-13)19-16(23)24-17(3,4)5/h6-10,12H,11H2,1-5H3,(H,18,22)(H,19,23). The number of nitrogens with one attached hydrogen (secondary N) is 2. The van der Waals surface area contributed by atoms with E-state index in [1.54, 1.807) is 65.0 Å². The van der Waals surface area contributed by atoms with E-state index in [4.69, 9.17) is 4.74 Å². The van der Waals surface area contributed by atoms with E-state index in [9.17, 15) is 14.4 Å². The minimum Gasteiger partial charge on any atom is -0.443 e. The topological polar surface area (TPSA) is 87.7 Å². The number of amides is 3. The van der Waals surface area contributed by atoms with E-state index in [0.29, 0.717) is 5.69 Å². The molecular weight excluding hydrogens is 310 g/mol. The number of carbonyl (C=O) groups excluding carboxylic acids is 3. The third kappa shape index (κ3) is 6.68. The quantitative estimate of drug-likeness (QED) is 0.826. The molecule has 0 atom stereocenters. The maximum Gasteiger partial charge on any atom is 0.427 e. The number of para-hydroxylation sites is 1. The Morgan fingerprint density at radius 2 is 1.71 bits per heavy atom. The van der Waals surface area contributed by atoms with Gasteiger partial charge in [-0.05, 0) is 32.9 Å². The van der Waals surface area contributed by atoms with Crippen LogP contribution in [-0.4, -0.2) is 30.1 Å². The molecule has 0 unspecified atom stereocenters. The number of nitrogens with zero attached hydrogens (tertiary/aromatic N) is 1. The largest absolute Gasteiger partial charge is 0.443 e. The summed E-state index contributed by atoms with van der Waals surface area (Å²) in [5.41, 5.74) is 2.19. The molecule has 2 N–H and O–H groups in total. The van der Waals surface area contributed by atoms with Crippen LogP contribution in [0.1, 0.15) is 34.6 Å². The molecule has 7 nitrogen and oxygen atoms in total. The van der Waals surface area contributed by atoms with Crippen LogP contribution in [0.3, 0.4) is 0 Å². The number of anilines is 1. The van der Waals surface area contributed by atoms with E-state index < -0.39 is 17.6 Å². The predicted molar refractivity (Wildman–Crippen MR) is 91.1 cm³/mol. The molecule has 24 heavy (non-hydrogen) atoms. The van der Waals surface area contributed by atoms with Crippen LogP contribution in [0, 0.1) is 5.92 Å². The van der Waals surface area contributed by atoms with Gasteiger partial charge in [-0.25, -0.2) is 15.2 Å². The van der Waals surface area contributed by atoms with Crippen LogP contribution < -0.4 is 15.8 Å². The highest BCUT2D eigenvalue weighted by Gasteiger charge is 2.23. The first-order valence-corrected chi connectivity index (χ1v) is 7.75. The molecule has 1 rings (SSSR count). The van der Waals surface area contributed by atoms with Gasteiger partial charge < -0.3 is 10.1 Å². The summed E-state index contributed by atoms with van der Waals surface area (Å²) in [6.45, 7) is 8.40. The van der Waals surface area contributed by atoms with E-state index in [0.717, 1.165) is 5.01 Å². The fraction of sp³-hybridized carbons (Fsp3) is 0.471. The molecule has 0 aliphatic heterocycles. The van der Waals surface area contributed by atoms with Crippen molar-refractivity contribution in [1.82, 2.24) is 10.7 Å². The molecule has 1 aromatic carbocycles. The van der Waals surface area contributed by atoms with Gasteiger partial charge in [0.1, 0.15) is 5.60 Å². The molecule has 0 fully saturated rings. The van der Waals surface area contributed by atoms with E-state index >= 15 is 0 Å². The average Bonchev–Trinajstić information content (AvgIpc) is 2.48. The van der Waals surface area contributed by atoms with Crippen LogP contribution in [-0.2, 0) is 14.3 Å².